The maximum atomic E-state index is 12.6. The number of carbonyl (C=O) groups is 1. The van der Waals surface area contributed by atoms with Crippen LogP contribution >= 0.6 is 0 Å². The number of anilines is 1. The Morgan fingerprint density at radius 3 is 2.68 bits per heavy atom. The van der Waals surface area contributed by atoms with Crippen molar-refractivity contribution in [3.63, 3.8) is 0 Å². The van der Waals surface area contributed by atoms with E-state index in [1.807, 2.05) is 54.6 Å². The van der Waals surface area contributed by atoms with E-state index in [1.165, 1.54) is 0 Å². The molecule has 0 atom stereocenters. The zero-order chi connectivity index (χ0) is 14.9. The molecule has 1 aliphatic heterocycles. The summed E-state index contributed by atoms with van der Waals surface area (Å²) in [5, 5.41) is 8.12. The summed E-state index contributed by atoms with van der Waals surface area (Å²) in [5.41, 5.74) is 6.94. The molecule has 2 heterocycles. The number of nitrogens with one attached hydrogen (secondary N) is 3. The predicted molar refractivity (Wildman–Crippen MR) is 86.7 cm³/mol. The molecule has 1 aromatic heterocycles. The molecule has 0 fully saturated rings. The summed E-state index contributed by atoms with van der Waals surface area (Å²) < 4.78 is 0. The van der Waals surface area contributed by atoms with Crippen LogP contribution in [0.3, 0.4) is 0 Å². The molecule has 3 N–H and O–H groups in total. The van der Waals surface area contributed by atoms with Crippen LogP contribution in [0, 0.1) is 0 Å². The second kappa shape index (κ2) is 5.04. The van der Waals surface area contributed by atoms with Crippen LogP contribution in [0.2, 0.25) is 0 Å². The molecular formula is C17H14N4O. The fraction of sp³-hybridized carbons (Fsp3) is 0.0588. The molecule has 0 saturated heterocycles. The largest absolute Gasteiger partial charge is 0.356 e. The summed E-state index contributed by atoms with van der Waals surface area (Å²) in [7, 11) is 0. The number of hydrogen-bond donors (Lipinski definition) is 3. The summed E-state index contributed by atoms with van der Waals surface area (Å²) in [6.07, 6.45) is 0. The van der Waals surface area contributed by atoms with E-state index in [4.69, 9.17) is 0 Å². The number of hydrazone groups is 1. The molecule has 22 heavy (non-hydrogen) atoms. The average Bonchev–Trinajstić information content (AvgIpc) is 2.94. The lowest BCUT2D eigenvalue weighted by Crippen LogP contribution is -2.30. The van der Waals surface area contributed by atoms with Crippen LogP contribution in [0.25, 0.3) is 10.9 Å². The van der Waals surface area contributed by atoms with Crippen LogP contribution in [-0.2, 0) is 11.3 Å². The summed E-state index contributed by atoms with van der Waals surface area (Å²) in [4.78, 5) is 15.9. The van der Waals surface area contributed by atoms with Crippen molar-refractivity contribution in [2.24, 2.45) is 5.10 Å². The highest BCUT2D eigenvalue weighted by Gasteiger charge is 2.25. The normalized spacial score (nSPS) is 13.2. The quantitative estimate of drug-likeness (QED) is 0.679. The Morgan fingerprint density at radius 1 is 1.05 bits per heavy atom. The number of para-hydroxylation sites is 2. The summed E-state index contributed by atoms with van der Waals surface area (Å²) >= 11 is 0. The molecule has 0 saturated carbocycles. The van der Waals surface area contributed by atoms with Gasteiger partial charge in [-0.1, -0.05) is 36.4 Å². The van der Waals surface area contributed by atoms with E-state index in [1.54, 1.807) is 0 Å². The van der Waals surface area contributed by atoms with Crippen LogP contribution in [0.4, 0.5) is 5.69 Å². The number of H-pyrrole nitrogens is 1. The van der Waals surface area contributed by atoms with Gasteiger partial charge in [-0.15, -0.1) is 0 Å². The molecule has 0 spiro atoms. The topological polar surface area (TPSA) is 69.3 Å². The molecule has 5 heteroatoms. The smallest absolute Gasteiger partial charge is 0.276 e. The van der Waals surface area contributed by atoms with Gasteiger partial charge >= 0.3 is 0 Å². The van der Waals surface area contributed by atoms with E-state index in [0.29, 0.717) is 12.3 Å². The van der Waals surface area contributed by atoms with E-state index >= 15 is 0 Å². The van der Waals surface area contributed by atoms with Crippen molar-refractivity contribution in [3.05, 3.63) is 65.9 Å². The number of aromatic amines is 1. The summed E-state index contributed by atoms with van der Waals surface area (Å²) in [6.45, 7) is 0.589. The molecule has 2 aromatic carbocycles. The predicted octanol–water partition coefficient (Wildman–Crippen LogP) is 2.61. The van der Waals surface area contributed by atoms with Crippen LogP contribution in [0.5, 0.6) is 0 Å². The molecule has 0 bridgehead atoms. The number of carbonyl (C=O) groups excluding carboxylic acids is 1. The average molecular weight is 290 g/mol. The number of fused-ring (bicyclic) bond motifs is 3. The van der Waals surface area contributed by atoms with Gasteiger partial charge in [0.1, 0.15) is 0 Å². The van der Waals surface area contributed by atoms with Crippen LogP contribution < -0.4 is 10.7 Å². The zero-order valence-corrected chi connectivity index (χ0v) is 11.8. The maximum absolute atomic E-state index is 12.6. The Balaban J connectivity index is 1.75. The minimum Gasteiger partial charge on any atom is -0.356 e. The Hall–Kier alpha value is -3.08. The highest BCUT2D eigenvalue weighted by molar-refractivity contribution is 6.51. The lowest BCUT2D eigenvalue weighted by molar-refractivity contribution is -0.110. The van der Waals surface area contributed by atoms with Crippen LogP contribution in [-0.4, -0.2) is 16.6 Å². The summed E-state index contributed by atoms with van der Waals surface area (Å²) in [5.74, 6) is -0.218. The minimum absolute atomic E-state index is 0.218. The van der Waals surface area contributed by atoms with Gasteiger partial charge in [0, 0.05) is 27.8 Å². The molecular weight excluding hydrogens is 276 g/mol. The van der Waals surface area contributed by atoms with Crippen LogP contribution in [0.1, 0.15) is 11.3 Å². The van der Waals surface area contributed by atoms with Gasteiger partial charge in [-0.2, -0.15) is 5.10 Å². The van der Waals surface area contributed by atoms with E-state index in [-0.39, 0.29) is 5.91 Å². The van der Waals surface area contributed by atoms with Crippen molar-refractivity contribution < 1.29 is 4.79 Å². The third-order valence-electron chi connectivity index (χ3n) is 3.71. The standard InChI is InChI=1S/C17H14N4O/c22-17(19-11-6-2-1-3-7-11)16-15-12-8-4-5-9-13(12)20-14(15)10-18-21-16/h1-9,18,20H,10H2,(H,19,22). The first-order valence-electron chi connectivity index (χ1n) is 7.10. The van der Waals surface area contributed by atoms with Gasteiger partial charge in [-0.3, -0.25) is 4.79 Å². The number of amides is 1. The Bertz CT molecular complexity index is 880. The van der Waals surface area contributed by atoms with Crippen molar-refractivity contribution in [1.29, 1.82) is 0 Å². The maximum Gasteiger partial charge on any atom is 0.276 e. The Labute approximate surface area is 127 Å². The molecule has 0 aliphatic carbocycles. The number of benzene rings is 2. The first-order chi connectivity index (χ1) is 10.8. The lowest BCUT2D eigenvalue weighted by Gasteiger charge is -2.14. The van der Waals surface area contributed by atoms with Crippen molar-refractivity contribution in [2.45, 2.75) is 6.54 Å². The van der Waals surface area contributed by atoms with Crippen molar-refractivity contribution >= 4 is 28.2 Å². The van der Waals surface area contributed by atoms with Gasteiger partial charge in [-0.05, 0) is 18.2 Å². The van der Waals surface area contributed by atoms with Crippen molar-refractivity contribution in [2.75, 3.05) is 5.32 Å². The molecule has 1 amide bonds. The molecule has 5 nitrogen and oxygen atoms in total. The van der Waals surface area contributed by atoms with Crippen LogP contribution in [0.15, 0.2) is 59.7 Å². The third kappa shape index (κ3) is 2.03. The lowest BCUT2D eigenvalue weighted by atomic mass is 10.0. The number of hydrogen-bond acceptors (Lipinski definition) is 3. The third-order valence-corrected chi connectivity index (χ3v) is 3.71. The molecule has 0 radical (unpaired) electrons. The van der Waals surface area contributed by atoms with E-state index in [0.717, 1.165) is 27.8 Å². The molecule has 4 rings (SSSR count). The molecule has 0 unspecified atom stereocenters. The van der Waals surface area contributed by atoms with Gasteiger partial charge in [0.05, 0.1) is 6.54 Å². The van der Waals surface area contributed by atoms with Gasteiger partial charge in [0.2, 0.25) is 0 Å². The van der Waals surface area contributed by atoms with E-state index in [9.17, 15) is 4.79 Å². The fourth-order valence-corrected chi connectivity index (χ4v) is 2.73. The van der Waals surface area contributed by atoms with E-state index in [2.05, 4.69) is 20.8 Å². The highest BCUT2D eigenvalue weighted by Crippen LogP contribution is 2.25. The van der Waals surface area contributed by atoms with Gasteiger partial charge in [-0.25, -0.2) is 0 Å². The fourth-order valence-electron chi connectivity index (χ4n) is 2.73. The zero-order valence-electron chi connectivity index (χ0n) is 11.8. The van der Waals surface area contributed by atoms with Gasteiger partial charge < -0.3 is 15.7 Å². The SMILES string of the molecule is O=C(Nc1ccccc1)C1=NNCc2[nH]c3ccccc3c21. The number of nitrogens with zero attached hydrogens (tertiary/aromatic N) is 1. The second-order valence-corrected chi connectivity index (χ2v) is 5.14. The first kappa shape index (κ1) is 12.6. The first-order valence-corrected chi connectivity index (χ1v) is 7.10. The molecule has 3 aromatic rings. The molecule has 1 aliphatic rings. The highest BCUT2D eigenvalue weighted by atomic mass is 16.2. The van der Waals surface area contributed by atoms with Crippen molar-refractivity contribution in [3.8, 4) is 0 Å². The second-order valence-electron chi connectivity index (χ2n) is 5.14. The Morgan fingerprint density at radius 2 is 1.82 bits per heavy atom. The van der Waals surface area contributed by atoms with Crippen molar-refractivity contribution in [1.82, 2.24) is 10.4 Å². The summed E-state index contributed by atoms with van der Waals surface area (Å²) in [6, 6.07) is 17.3. The molecule has 108 valence electrons. The monoisotopic (exact) mass is 290 g/mol. The van der Waals surface area contributed by atoms with E-state index < -0.39 is 0 Å². The Kier molecular flexibility index (Phi) is 2.89. The number of aromatic nitrogens is 1. The number of rotatable bonds is 2. The van der Waals surface area contributed by atoms with Gasteiger partial charge in [0.15, 0.2) is 5.71 Å². The van der Waals surface area contributed by atoms with Gasteiger partial charge in [0.25, 0.3) is 5.91 Å². The minimum atomic E-state index is -0.218.